The third-order valence-electron chi connectivity index (χ3n) is 3.31. The topological polar surface area (TPSA) is 57.4 Å². The number of anilines is 1. The van der Waals surface area contributed by atoms with Crippen LogP contribution in [0, 0.1) is 0 Å². The lowest BCUT2D eigenvalue weighted by atomic mass is 10.1. The Kier molecular flexibility index (Phi) is 5.56. The number of nitrogen functional groups attached to an aromatic ring is 1. The second kappa shape index (κ2) is 8.04. The summed E-state index contributed by atoms with van der Waals surface area (Å²) >= 11 is 7.26. The number of hydrogen-bond acceptors (Lipinski definition) is 5. The number of nitrogens with two attached hydrogens (primary N) is 1. The van der Waals surface area contributed by atoms with Crippen molar-refractivity contribution in [1.29, 1.82) is 0 Å². The number of ether oxygens (including phenoxy) is 2. The predicted molar refractivity (Wildman–Crippen MR) is 99.0 cm³/mol. The minimum Gasteiger partial charge on any atom is -0.493 e. The molecular weight excluding hydrogens is 344 g/mol. The van der Waals surface area contributed by atoms with E-state index >= 15 is 0 Å². The third-order valence-corrected chi connectivity index (χ3v) is 4.24. The van der Waals surface area contributed by atoms with E-state index in [1.807, 2.05) is 53.9 Å². The quantitative estimate of drug-likeness (QED) is 0.609. The van der Waals surface area contributed by atoms with Crippen molar-refractivity contribution in [2.75, 3.05) is 18.9 Å². The Morgan fingerprint density at radius 3 is 2.50 bits per heavy atom. The summed E-state index contributed by atoms with van der Waals surface area (Å²) in [5.41, 5.74) is 7.50. The lowest BCUT2D eigenvalue weighted by Gasteiger charge is -2.11. The van der Waals surface area contributed by atoms with E-state index in [0.717, 1.165) is 29.2 Å². The van der Waals surface area contributed by atoms with Crippen LogP contribution >= 0.6 is 22.9 Å². The fraction of sp³-hybridized carbons (Fsp3) is 0.167. The molecule has 6 heteroatoms. The van der Waals surface area contributed by atoms with Gasteiger partial charge in [0.05, 0.1) is 18.9 Å². The van der Waals surface area contributed by atoms with E-state index in [-0.39, 0.29) is 0 Å². The zero-order valence-corrected chi connectivity index (χ0v) is 14.5. The molecule has 1 heterocycles. The van der Waals surface area contributed by atoms with Crippen LogP contribution in [0.4, 0.5) is 5.13 Å². The molecule has 2 aromatic carbocycles. The second-order valence-electron chi connectivity index (χ2n) is 5.07. The van der Waals surface area contributed by atoms with Crippen molar-refractivity contribution >= 4 is 28.1 Å². The number of rotatable bonds is 7. The molecule has 0 radical (unpaired) electrons. The lowest BCUT2D eigenvalue weighted by molar-refractivity contribution is 0.248. The molecule has 0 fully saturated rings. The summed E-state index contributed by atoms with van der Waals surface area (Å²) in [7, 11) is 0. The number of benzene rings is 2. The Morgan fingerprint density at radius 2 is 1.75 bits per heavy atom. The van der Waals surface area contributed by atoms with Crippen molar-refractivity contribution in [1.82, 2.24) is 4.98 Å². The average Bonchev–Trinajstić information content (AvgIpc) is 3.03. The summed E-state index contributed by atoms with van der Waals surface area (Å²) in [6.07, 6.45) is 0.774. The van der Waals surface area contributed by atoms with Crippen molar-refractivity contribution in [2.24, 2.45) is 0 Å². The van der Waals surface area contributed by atoms with Crippen LogP contribution in [0.2, 0.25) is 5.02 Å². The van der Waals surface area contributed by atoms with Gasteiger partial charge in [0.1, 0.15) is 11.5 Å². The van der Waals surface area contributed by atoms with Gasteiger partial charge in [0.15, 0.2) is 5.13 Å². The fourth-order valence-electron chi connectivity index (χ4n) is 2.18. The van der Waals surface area contributed by atoms with Gasteiger partial charge in [0.25, 0.3) is 0 Å². The predicted octanol–water partition coefficient (Wildman–Crippen LogP) is 4.89. The average molecular weight is 361 g/mol. The van der Waals surface area contributed by atoms with Gasteiger partial charge in [-0.15, -0.1) is 11.3 Å². The van der Waals surface area contributed by atoms with Gasteiger partial charge in [-0.1, -0.05) is 23.7 Å². The highest BCUT2D eigenvalue weighted by molar-refractivity contribution is 7.13. The summed E-state index contributed by atoms with van der Waals surface area (Å²) in [4.78, 5) is 4.31. The van der Waals surface area contributed by atoms with E-state index in [0.29, 0.717) is 23.4 Å². The van der Waals surface area contributed by atoms with E-state index in [1.54, 1.807) is 0 Å². The monoisotopic (exact) mass is 360 g/mol. The molecule has 0 aliphatic heterocycles. The molecule has 124 valence electrons. The van der Waals surface area contributed by atoms with Crippen LogP contribution in [-0.4, -0.2) is 18.2 Å². The maximum absolute atomic E-state index is 5.88. The highest BCUT2D eigenvalue weighted by Crippen LogP contribution is 2.31. The summed E-state index contributed by atoms with van der Waals surface area (Å²) < 4.78 is 11.5. The standard InChI is InChI=1S/C18H17ClN2O2S/c19-13-6-8-14(9-7-13)22-10-3-11-23-17-5-2-1-4-15(17)16-12-24-18(20)21-16/h1-2,4-9,12H,3,10-11H2,(H2,20,21). The zero-order chi connectivity index (χ0) is 16.8. The summed E-state index contributed by atoms with van der Waals surface area (Å²) in [6.45, 7) is 1.14. The molecule has 0 spiro atoms. The Balaban J connectivity index is 1.51. The zero-order valence-electron chi connectivity index (χ0n) is 12.9. The molecule has 4 nitrogen and oxygen atoms in total. The maximum atomic E-state index is 5.88. The lowest BCUT2D eigenvalue weighted by Crippen LogP contribution is -2.05. The Bertz CT molecular complexity index is 790. The molecule has 0 saturated carbocycles. The first-order valence-corrected chi connectivity index (χ1v) is 8.80. The molecule has 24 heavy (non-hydrogen) atoms. The Hall–Kier alpha value is -2.24. The van der Waals surface area contributed by atoms with Crippen LogP contribution in [0.5, 0.6) is 11.5 Å². The summed E-state index contributed by atoms with van der Waals surface area (Å²) in [5.74, 6) is 1.60. The van der Waals surface area contributed by atoms with Crippen LogP contribution < -0.4 is 15.2 Å². The molecule has 0 bridgehead atoms. The first-order valence-electron chi connectivity index (χ1n) is 7.54. The van der Waals surface area contributed by atoms with E-state index in [9.17, 15) is 0 Å². The molecular formula is C18H17ClN2O2S. The number of aromatic nitrogens is 1. The van der Waals surface area contributed by atoms with Crippen LogP contribution in [0.25, 0.3) is 11.3 Å². The highest BCUT2D eigenvalue weighted by Gasteiger charge is 2.08. The normalized spacial score (nSPS) is 10.5. The number of hydrogen-bond donors (Lipinski definition) is 1. The van der Waals surface area contributed by atoms with Crippen molar-refractivity contribution in [3.63, 3.8) is 0 Å². The van der Waals surface area contributed by atoms with Crippen LogP contribution in [-0.2, 0) is 0 Å². The summed E-state index contributed by atoms with van der Waals surface area (Å²) in [6, 6.07) is 15.1. The van der Waals surface area contributed by atoms with Crippen molar-refractivity contribution in [3.05, 3.63) is 58.9 Å². The minimum atomic E-state index is 0.552. The van der Waals surface area contributed by atoms with Crippen LogP contribution in [0.15, 0.2) is 53.9 Å². The highest BCUT2D eigenvalue weighted by atomic mass is 35.5. The third kappa shape index (κ3) is 4.40. The van der Waals surface area contributed by atoms with E-state index in [4.69, 9.17) is 26.8 Å². The molecule has 0 atom stereocenters. The summed E-state index contributed by atoms with van der Waals surface area (Å²) in [5, 5.41) is 3.18. The van der Waals surface area contributed by atoms with Crippen LogP contribution in [0.1, 0.15) is 6.42 Å². The molecule has 1 aromatic heterocycles. The SMILES string of the molecule is Nc1nc(-c2ccccc2OCCCOc2ccc(Cl)cc2)cs1. The molecule has 0 aliphatic rings. The first-order chi connectivity index (χ1) is 11.7. The molecule has 0 saturated heterocycles. The molecule has 0 aliphatic carbocycles. The number of para-hydroxylation sites is 1. The van der Waals surface area contributed by atoms with Gasteiger partial charge >= 0.3 is 0 Å². The van der Waals surface area contributed by atoms with Gasteiger partial charge < -0.3 is 15.2 Å². The fourth-order valence-corrected chi connectivity index (χ4v) is 2.87. The molecule has 2 N–H and O–H groups in total. The molecule has 3 aromatic rings. The molecule has 3 rings (SSSR count). The number of thiazole rings is 1. The van der Waals surface area contributed by atoms with Crippen LogP contribution in [0.3, 0.4) is 0 Å². The van der Waals surface area contributed by atoms with Crippen molar-refractivity contribution in [2.45, 2.75) is 6.42 Å². The van der Waals surface area contributed by atoms with Gasteiger partial charge in [-0.2, -0.15) is 0 Å². The van der Waals surface area contributed by atoms with Gasteiger partial charge in [-0.3, -0.25) is 0 Å². The van der Waals surface area contributed by atoms with Gasteiger partial charge in [-0.25, -0.2) is 4.98 Å². The first kappa shape index (κ1) is 16.6. The van der Waals surface area contributed by atoms with Crippen molar-refractivity contribution < 1.29 is 9.47 Å². The Labute approximate surface area is 149 Å². The van der Waals surface area contributed by atoms with E-state index in [1.165, 1.54) is 11.3 Å². The van der Waals surface area contributed by atoms with Gasteiger partial charge in [0.2, 0.25) is 0 Å². The minimum absolute atomic E-state index is 0.552. The Morgan fingerprint density at radius 1 is 1.00 bits per heavy atom. The van der Waals surface area contributed by atoms with E-state index in [2.05, 4.69) is 4.98 Å². The smallest absolute Gasteiger partial charge is 0.180 e. The maximum Gasteiger partial charge on any atom is 0.180 e. The van der Waals surface area contributed by atoms with Gasteiger partial charge in [-0.05, 0) is 36.4 Å². The molecule has 0 unspecified atom stereocenters. The van der Waals surface area contributed by atoms with Crippen molar-refractivity contribution in [3.8, 4) is 22.8 Å². The number of nitrogens with zero attached hydrogens (tertiary/aromatic N) is 1. The number of halogens is 1. The van der Waals surface area contributed by atoms with Gasteiger partial charge in [0, 0.05) is 22.4 Å². The largest absolute Gasteiger partial charge is 0.493 e. The molecule has 0 amide bonds. The van der Waals surface area contributed by atoms with E-state index < -0.39 is 0 Å². The second-order valence-corrected chi connectivity index (χ2v) is 6.40.